The third kappa shape index (κ3) is 3.74. The molecule has 7 nitrogen and oxygen atoms in total. The van der Waals surface area contributed by atoms with Gasteiger partial charge in [-0.15, -0.1) is 0 Å². The van der Waals surface area contributed by atoms with Gasteiger partial charge in [0.2, 0.25) is 5.95 Å². The van der Waals surface area contributed by atoms with Crippen molar-refractivity contribution in [2.75, 3.05) is 31.1 Å². The molecule has 0 bridgehead atoms. The molecule has 8 heteroatoms. The smallest absolute Gasteiger partial charge is 0.339 e. The lowest BCUT2D eigenvalue weighted by molar-refractivity contribution is 0.0693. The van der Waals surface area contributed by atoms with Gasteiger partial charge in [0.25, 0.3) is 0 Å². The maximum Gasteiger partial charge on any atom is 0.339 e. The molecule has 2 heterocycles. The average molecular weight is 349 g/mol. The maximum atomic E-state index is 11.1. The van der Waals surface area contributed by atoms with Gasteiger partial charge in [0.05, 0.1) is 17.4 Å². The normalized spacial score (nSPS) is 15.5. The van der Waals surface area contributed by atoms with Crippen LogP contribution in [0.15, 0.2) is 30.6 Å². The van der Waals surface area contributed by atoms with Crippen molar-refractivity contribution in [2.45, 2.75) is 6.54 Å². The Labute approximate surface area is 144 Å². The number of rotatable bonds is 4. The fourth-order valence-corrected chi connectivity index (χ4v) is 2.78. The van der Waals surface area contributed by atoms with Gasteiger partial charge < -0.3 is 15.1 Å². The van der Waals surface area contributed by atoms with Crippen LogP contribution < -0.4 is 4.90 Å². The second-order valence-electron chi connectivity index (χ2n) is 5.62. The molecule has 0 amide bonds. The fraction of sp³-hybridized carbons (Fsp3) is 0.312. The van der Waals surface area contributed by atoms with Crippen LogP contribution in [0, 0.1) is 0 Å². The molecule has 1 fully saturated rings. The molecule has 0 spiro atoms. The SMILES string of the molecule is O=C(O)c1cc(CN2CCN(c3ncc(Cl)cn3)CC2)ccc1O. The molecule has 3 rings (SSSR count). The highest BCUT2D eigenvalue weighted by Gasteiger charge is 2.19. The number of aromatic hydroxyl groups is 1. The molecule has 0 unspecified atom stereocenters. The summed E-state index contributed by atoms with van der Waals surface area (Å²) in [7, 11) is 0. The van der Waals surface area contributed by atoms with Crippen molar-refractivity contribution in [3.05, 3.63) is 46.7 Å². The van der Waals surface area contributed by atoms with Gasteiger partial charge >= 0.3 is 5.97 Å². The van der Waals surface area contributed by atoms with E-state index in [2.05, 4.69) is 19.8 Å². The quantitative estimate of drug-likeness (QED) is 0.871. The second kappa shape index (κ2) is 7.02. The van der Waals surface area contributed by atoms with Crippen LogP contribution in [0.1, 0.15) is 15.9 Å². The lowest BCUT2D eigenvalue weighted by Crippen LogP contribution is -2.46. The maximum absolute atomic E-state index is 11.1. The topological polar surface area (TPSA) is 89.8 Å². The van der Waals surface area contributed by atoms with Crippen LogP contribution in [-0.4, -0.2) is 57.2 Å². The van der Waals surface area contributed by atoms with Gasteiger partial charge in [-0.2, -0.15) is 0 Å². The summed E-state index contributed by atoms with van der Waals surface area (Å²) >= 11 is 5.80. The van der Waals surface area contributed by atoms with Gasteiger partial charge in [-0.1, -0.05) is 17.7 Å². The summed E-state index contributed by atoms with van der Waals surface area (Å²) < 4.78 is 0. The lowest BCUT2D eigenvalue weighted by atomic mass is 10.1. The van der Waals surface area contributed by atoms with Crippen LogP contribution in [0.3, 0.4) is 0 Å². The van der Waals surface area contributed by atoms with Crippen molar-refractivity contribution in [3.8, 4) is 5.75 Å². The van der Waals surface area contributed by atoms with Gasteiger partial charge in [0, 0.05) is 32.7 Å². The summed E-state index contributed by atoms with van der Waals surface area (Å²) in [5, 5.41) is 19.2. The Morgan fingerprint density at radius 2 is 1.83 bits per heavy atom. The second-order valence-corrected chi connectivity index (χ2v) is 6.06. The molecule has 126 valence electrons. The van der Waals surface area contributed by atoms with Crippen LogP contribution in [0.5, 0.6) is 5.75 Å². The molecule has 2 N–H and O–H groups in total. The number of carbonyl (C=O) groups is 1. The molecule has 0 radical (unpaired) electrons. The predicted octanol–water partition coefficient (Wildman–Crippen LogP) is 1.86. The molecule has 1 saturated heterocycles. The van der Waals surface area contributed by atoms with E-state index >= 15 is 0 Å². The third-order valence-electron chi connectivity index (χ3n) is 3.96. The first-order valence-electron chi connectivity index (χ1n) is 7.53. The van der Waals surface area contributed by atoms with Gasteiger partial charge in [0.1, 0.15) is 11.3 Å². The molecular formula is C16H17ClN4O3. The fourth-order valence-electron chi connectivity index (χ4n) is 2.69. The first-order valence-corrected chi connectivity index (χ1v) is 7.91. The van der Waals surface area contributed by atoms with Crippen molar-refractivity contribution in [2.24, 2.45) is 0 Å². The summed E-state index contributed by atoms with van der Waals surface area (Å²) in [5.74, 6) is -0.674. The Morgan fingerprint density at radius 3 is 2.46 bits per heavy atom. The highest BCUT2D eigenvalue weighted by atomic mass is 35.5. The Kier molecular flexibility index (Phi) is 4.82. The zero-order chi connectivity index (χ0) is 17.1. The zero-order valence-corrected chi connectivity index (χ0v) is 13.6. The number of piperazine rings is 1. The molecule has 1 aromatic carbocycles. The highest BCUT2D eigenvalue weighted by molar-refractivity contribution is 6.30. The number of carboxylic acids is 1. The lowest BCUT2D eigenvalue weighted by Gasteiger charge is -2.34. The monoisotopic (exact) mass is 348 g/mol. The molecule has 24 heavy (non-hydrogen) atoms. The first-order chi connectivity index (χ1) is 11.5. The van der Waals surface area contributed by atoms with E-state index in [0.29, 0.717) is 17.5 Å². The molecule has 1 aliphatic rings. The highest BCUT2D eigenvalue weighted by Crippen LogP contribution is 2.20. The number of benzene rings is 1. The van der Waals surface area contributed by atoms with Gasteiger partial charge in [-0.05, 0) is 17.7 Å². The van der Waals surface area contributed by atoms with E-state index in [-0.39, 0.29) is 11.3 Å². The number of aromatic carboxylic acids is 1. The minimum Gasteiger partial charge on any atom is -0.507 e. The van der Waals surface area contributed by atoms with Crippen molar-refractivity contribution in [1.29, 1.82) is 0 Å². The zero-order valence-electron chi connectivity index (χ0n) is 12.9. The standard InChI is InChI=1S/C16H17ClN4O3/c17-12-8-18-16(19-9-12)21-5-3-20(4-6-21)10-11-1-2-14(22)13(7-11)15(23)24/h1-2,7-9,22H,3-6,10H2,(H,23,24). The Balaban J connectivity index is 1.60. The van der Waals surface area contributed by atoms with E-state index in [0.717, 1.165) is 31.7 Å². The van der Waals surface area contributed by atoms with Gasteiger partial charge in [0.15, 0.2) is 0 Å². The first kappa shape index (κ1) is 16.5. The number of carboxylic acid groups (broad SMARTS) is 1. The summed E-state index contributed by atoms with van der Waals surface area (Å²) in [6.07, 6.45) is 3.17. The number of hydrogen-bond donors (Lipinski definition) is 2. The van der Waals surface area contributed by atoms with Crippen LogP contribution in [0.4, 0.5) is 5.95 Å². The Bertz CT molecular complexity index is 731. The van der Waals surface area contributed by atoms with E-state index in [1.54, 1.807) is 18.5 Å². The van der Waals surface area contributed by atoms with E-state index in [9.17, 15) is 9.90 Å². The molecule has 1 aliphatic heterocycles. The van der Waals surface area contributed by atoms with Gasteiger partial charge in [-0.3, -0.25) is 4.90 Å². The molecule has 0 atom stereocenters. The van der Waals surface area contributed by atoms with E-state index < -0.39 is 5.97 Å². The van der Waals surface area contributed by atoms with Crippen LogP contribution in [-0.2, 0) is 6.54 Å². The number of hydrogen-bond acceptors (Lipinski definition) is 6. The number of aromatic nitrogens is 2. The van der Waals surface area contributed by atoms with Crippen LogP contribution in [0.2, 0.25) is 5.02 Å². The molecule has 0 aliphatic carbocycles. The number of phenols is 1. The largest absolute Gasteiger partial charge is 0.507 e. The van der Waals surface area contributed by atoms with Crippen molar-refractivity contribution in [1.82, 2.24) is 14.9 Å². The summed E-state index contributed by atoms with van der Waals surface area (Å²) in [5.41, 5.74) is 0.794. The van der Waals surface area contributed by atoms with Crippen molar-refractivity contribution in [3.63, 3.8) is 0 Å². The molecule has 2 aromatic rings. The van der Waals surface area contributed by atoms with Crippen molar-refractivity contribution < 1.29 is 15.0 Å². The van der Waals surface area contributed by atoms with E-state index in [4.69, 9.17) is 16.7 Å². The van der Waals surface area contributed by atoms with E-state index in [1.165, 1.54) is 12.1 Å². The number of anilines is 1. The molecule has 0 saturated carbocycles. The number of nitrogens with zero attached hydrogens (tertiary/aromatic N) is 4. The summed E-state index contributed by atoms with van der Waals surface area (Å²) in [6, 6.07) is 4.69. The third-order valence-corrected chi connectivity index (χ3v) is 4.15. The molecule has 1 aromatic heterocycles. The Hall–Kier alpha value is -2.38. The van der Waals surface area contributed by atoms with Gasteiger partial charge in [-0.25, -0.2) is 14.8 Å². The van der Waals surface area contributed by atoms with Crippen LogP contribution >= 0.6 is 11.6 Å². The molecular weight excluding hydrogens is 332 g/mol. The van der Waals surface area contributed by atoms with E-state index in [1.807, 2.05) is 0 Å². The summed E-state index contributed by atoms with van der Waals surface area (Å²) in [6.45, 7) is 3.83. The summed E-state index contributed by atoms with van der Waals surface area (Å²) in [4.78, 5) is 23.8. The van der Waals surface area contributed by atoms with Crippen LogP contribution in [0.25, 0.3) is 0 Å². The minimum atomic E-state index is -1.13. The Morgan fingerprint density at radius 1 is 1.17 bits per heavy atom. The average Bonchev–Trinajstić information content (AvgIpc) is 2.58. The number of halogens is 1. The predicted molar refractivity (Wildman–Crippen MR) is 89.6 cm³/mol. The minimum absolute atomic E-state index is 0.0688. The van der Waals surface area contributed by atoms with Crippen molar-refractivity contribution >= 4 is 23.5 Å².